The molecule has 2 aliphatic heterocycles. The van der Waals surface area contributed by atoms with Crippen molar-refractivity contribution in [3.8, 4) is 0 Å². The van der Waals surface area contributed by atoms with Gasteiger partial charge in [0.1, 0.15) is 12.1 Å². The normalized spacial score (nSPS) is 21.0. The first-order valence-electron chi connectivity index (χ1n) is 11.5. The zero-order chi connectivity index (χ0) is 24.3. The number of hydrogen-bond acceptors (Lipinski definition) is 5. The van der Waals surface area contributed by atoms with Crippen LogP contribution >= 0.6 is 11.6 Å². The number of aryl methyl sites for hydroxylation is 1. The summed E-state index contributed by atoms with van der Waals surface area (Å²) < 4.78 is 0. The van der Waals surface area contributed by atoms with Crippen LogP contribution in [0.4, 0.5) is 16.2 Å². The van der Waals surface area contributed by atoms with Crippen LogP contribution in [0.15, 0.2) is 48.5 Å². The maximum atomic E-state index is 13.1. The molecule has 0 aromatic heterocycles. The van der Waals surface area contributed by atoms with Gasteiger partial charge in [-0.25, -0.2) is 4.79 Å². The van der Waals surface area contributed by atoms with E-state index in [4.69, 9.17) is 11.6 Å². The Labute approximate surface area is 204 Å². The van der Waals surface area contributed by atoms with Crippen LogP contribution in [0.1, 0.15) is 18.9 Å². The lowest BCUT2D eigenvalue weighted by Crippen LogP contribution is -2.45. The fourth-order valence-corrected chi connectivity index (χ4v) is 4.54. The number of anilines is 2. The average molecular weight is 484 g/mol. The highest BCUT2D eigenvalue weighted by atomic mass is 35.5. The molecule has 1 unspecified atom stereocenters. The van der Waals surface area contributed by atoms with E-state index < -0.39 is 23.4 Å². The van der Waals surface area contributed by atoms with E-state index in [0.717, 1.165) is 42.3 Å². The highest BCUT2D eigenvalue weighted by Gasteiger charge is 2.47. The summed E-state index contributed by atoms with van der Waals surface area (Å²) in [5, 5.41) is 6.13. The number of nitrogens with zero attached hydrogens (tertiary/aromatic N) is 3. The van der Waals surface area contributed by atoms with Gasteiger partial charge in [-0.15, -0.1) is 0 Å². The zero-order valence-corrected chi connectivity index (χ0v) is 20.3. The van der Waals surface area contributed by atoms with Gasteiger partial charge in [0.2, 0.25) is 5.91 Å². The molecule has 8 nitrogen and oxygen atoms in total. The third-order valence-electron chi connectivity index (χ3n) is 6.48. The summed E-state index contributed by atoms with van der Waals surface area (Å²) in [5.41, 5.74) is 1.48. The monoisotopic (exact) mass is 483 g/mol. The molecule has 4 rings (SSSR count). The number of hydrogen-bond donors (Lipinski definition) is 2. The molecule has 0 aliphatic carbocycles. The lowest BCUT2D eigenvalue weighted by atomic mass is 9.93. The lowest BCUT2D eigenvalue weighted by Gasteiger charge is -2.35. The number of halogens is 1. The van der Waals surface area contributed by atoms with Crippen LogP contribution in [0, 0.1) is 0 Å². The van der Waals surface area contributed by atoms with Crippen molar-refractivity contribution in [2.75, 3.05) is 50.0 Å². The maximum Gasteiger partial charge on any atom is 0.325 e. The Morgan fingerprint density at radius 1 is 1.09 bits per heavy atom. The number of rotatable bonds is 7. The average Bonchev–Trinajstić information content (AvgIpc) is 3.02. The summed E-state index contributed by atoms with van der Waals surface area (Å²) in [7, 11) is 2.08. The van der Waals surface area contributed by atoms with Crippen LogP contribution in [-0.4, -0.2) is 73.0 Å². The highest BCUT2D eigenvalue weighted by Crippen LogP contribution is 2.30. The van der Waals surface area contributed by atoms with Gasteiger partial charge in [0.25, 0.3) is 5.91 Å². The Morgan fingerprint density at radius 3 is 2.50 bits per heavy atom. The summed E-state index contributed by atoms with van der Waals surface area (Å²) >= 11 is 6.19. The number of imide groups is 1. The number of likely N-dealkylation sites (N-methyl/N-ethyl adjacent to an activating group) is 1. The Hall–Kier alpha value is -3.10. The molecule has 1 atom stereocenters. The van der Waals surface area contributed by atoms with Crippen molar-refractivity contribution in [2.24, 2.45) is 0 Å². The Bertz CT molecular complexity index is 1070. The van der Waals surface area contributed by atoms with Crippen LogP contribution in [0.3, 0.4) is 0 Å². The van der Waals surface area contributed by atoms with E-state index in [-0.39, 0.29) is 6.54 Å². The number of carbonyl (C=O) groups is 3. The van der Waals surface area contributed by atoms with Crippen LogP contribution in [-0.2, 0) is 16.0 Å². The second-order valence-electron chi connectivity index (χ2n) is 9.14. The fraction of sp³-hybridized carbons (Fsp3) is 0.400. The van der Waals surface area contributed by atoms with E-state index in [0.29, 0.717) is 23.6 Å². The van der Waals surface area contributed by atoms with E-state index in [1.54, 1.807) is 19.1 Å². The van der Waals surface area contributed by atoms with Gasteiger partial charge in [-0.1, -0.05) is 41.9 Å². The fourth-order valence-electron chi connectivity index (χ4n) is 4.36. The summed E-state index contributed by atoms with van der Waals surface area (Å²) in [6, 6.07) is 14.6. The van der Waals surface area contributed by atoms with Crippen molar-refractivity contribution in [3.63, 3.8) is 0 Å². The molecule has 34 heavy (non-hydrogen) atoms. The van der Waals surface area contributed by atoms with Gasteiger partial charge in [-0.3, -0.25) is 14.5 Å². The van der Waals surface area contributed by atoms with Crippen molar-refractivity contribution in [2.45, 2.75) is 25.3 Å². The van der Waals surface area contributed by atoms with Crippen LogP contribution in [0.5, 0.6) is 0 Å². The van der Waals surface area contributed by atoms with Gasteiger partial charge in [0, 0.05) is 31.2 Å². The van der Waals surface area contributed by atoms with E-state index in [9.17, 15) is 14.4 Å². The molecule has 180 valence electrons. The second kappa shape index (κ2) is 10.0. The summed E-state index contributed by atoms with van der Waals surface area (Å²) in [6.45, 7) is 4.83. The summed E-state index contributed by atoms with van der Waals surface area (Å²) in [5.74, 6) is -0.845. The predicted molar refractivity (Wildman–Crippen MR) is 133 cm³/mol. The van der Waals surface area contributed by atoms with Crippen LogP contribution in [0.2, 0.25) is 5.02 Å². The van der Waals surface area contributed by atoms with Gasteiger partial charge in [-0.05, 0) is 50.6 Å². The van der Waals surface area contributed by atoms with Crippen molar-refractivity contribution >= 4 is 40.8 Å². The standard InChI is InChI=1S/C25H30ClN5O3/c1-25(11-10-18-6-4-3-5-7-18)23(33)31(24(34)28-25)17-22(32)27-20-16-19(26)8-9-21(20)30-14-12-29(2)13-15-30/h3-9,16H,10-15,17H2,1-2H3,(H,27,32)(H,28,34). The van der Waals surface area contributed by atoms with Gasteiger partial charge in [0.05, 0.1) is 11.4 Å². The van der Waals surface area contributed by atoms with Crippen molar-refractivity contribution in [1.29, 1.82) is 0 Å². The second-order valence-corrected chi connectivity index (χ2v) is 9.58. The van der Waals surface area contributed by atoms with Crippen molar-refractivity contribution in [3.05, 3.63) is 59.1 Å². The quantitative estimate of drug-likeness (QED) is 0.591. The Morgan fingerprint density at radius 2 is 1.79 bits per heavy atom. The van der Waals surface area contributed by atoms with Crippen molar-refractivity contribution in [1.82, 2.24) is 15.1 Å². The van der Waals surface area contributed by atoms with E-state index in [1.165, 1.54) is 0 Å². The third-order valence-corrected chi connectivity index (χ3v) is 6.72. The number of benzene rings is 2. The maximum absolute atomic E-state index is 13.1. The molecule has 2 heterocycles. The first kappa shape index (κ1) is 24.0. The minimum atomic E-state index is -1.05. The first-order valence-corrected chi connectivity index (χ1v) is 11.8. The largest absolute Gasteiger partial charge is 0.367 e. The lowest BCUT2D eigenvalue weighted by molar-refractivity contribution is -0.133. The van der Waals surface area contributed by atoms with Crippen LogP contribution < -0.4 is 15.5 Å². The van der Waals surface area contributed by atoms with E-state index in [2.05, 4.69) is 27.5 Å². The molecule has 2 N–H and O–H groups in total. The van der Waals surface area contributed by atoms with Gasteiger partial charge in [-0.2, -0.15) is 0 Å². The molecule has 0 bridgehead atoms. The minimum absolute atomic E-state index is 0.361. The van der Waals surface area contributed by atoms with Gasteiger partial charge in [0.15, 0.2) is 0 Å². The Kier molecular flexibility index (Phi) is 7.09. The molecule has 2 aromatic rings. The first-order chi connectivity index (χ1) is 16.2. The number of nitrogens with one attached hydrogen (secondary N) is 2. The molecule has 0 radical (unpaired) electrons. The third kappa shape index (κ3) is 5.34. The molecular formula is C25H30ClN5O3. The molecule has 0 saturated carbocycles. The predicted octanol–water partition coefficient (Wildman–Crippen LogP) is 2.97. The molecule has 2 saturated heterocycles. The minimum Gasteiger partial charge on any atom is -0.367 e. The van der Waals surface area contributed by atoms with Gasteiger partial charge < -0.3 is 20.4 Å². The molecule has 2 fully saturated rings. The van der Waals surface area contributed by atoms with Gasteiger partial charge >= 0.3 is 6.03 Å². The van der Waals surface area contributed by atoms with E-state index >= 15 is 0 Å². The number of piperazine rings is 1. The molecule has 9 heteroatoms. The van der Waals surface area contributed by atoms with Crippen molar-refractivity contribution < 1.29 is 14.4 Å². The molecule has 0 spiro atoms. The SMILES string of the molecule is CN1CCN(c2ccc(Cl)cc2NC(=O)CN2C(=O)NC(C)(CCc3ccccc3)C2=O)CC1. The number of urea groups is 1. The van der Waals surface area contributed by atoms with Crippen LogP contribution in [0.25, 0.3) is 0 Å². The number of carbonyl (C=O) groups excluding carboxylic acids is 3. The Balaban J connectivity index is 1.41. The highest BCUT2D eigenvalue weighted by molar-refractivity contribution is 6.31. The molecule has 2 aliphatic rings. The summed E-state index contributed by atoms with van der Waals surface area (Å²) in [6.07, 6.45) is 1.09. The number of amides is 4. The van der Waals surface area contributed by atoms with E-state index in [1.807, 2.05) is 36.4 Å². The zero-order valence-electron chi connectivity index (χ0n) is 19.5. The molecule has 4 amide bonds. The molecule has 2 aromatic carbocycles. The topological polar surface area (TPSA) is 85.0 Å². The summed E-state index contributed by atoms with van der Waals surface area (Å²) in [4.78, 5) is 44.0. The molecular weight excluding hydrogens is 454 g/mol. The smallest absolute Gasteiger partial charge is 0.325 e.